The topological polar surface area (TPSA) is 152 Å². The van der Waals surface area contributed by atoms with E-state index in [9.17, 15) is 24.4 Å². The van der Waals surface area contributed by atoms with Crippen LogP contribution in [0.1, 0.15) is 26.3 Å². The highest BCUT2D eigenvalue weighted by Gasteiger charge is 2.21. The predicted molar refractivity (Wildman–Crippen MR) is 179 cm³/mol. The normalized spacial score (nSPS) is 10.2. The van der Waals surface area contributed by atoms with Crippen molar-refractivity contribution in [1.29, 1.82) is 5.26 Å². The largest absolute Gasteiger partial charge is 0.457 e. The van der Waals surface area contributed by atoms with Crippen LogP contribution in [-0.4, -0.2) is 37.5 Å². The van der Waals surface area contributed by atoms with E-state index in [1.54, 1.807) is 60.7 Å². The van der Waals surface area contributed by atoms with Crippen molar-refractivity contribution < 1.29 is 47.6 Å². The lowest BCUT2D eigenvalue weighted by molar-refractivity contribution is -0.145. The van der Waals surface area contributed by atoms with E-state index in [2.05, 4.69) is 18.0 Å². The van der Waals surface area contributed by atoms with Gasteiger partial charge in [0.1, 0.15) is 28.6 Å². The van der Waals surface area contributed by atoms with Crippen LogP contribution in [0.15, 0.2) is 110 Å². The highest BCUT2D eigenvalue weighted by Crippen LogP contribution is 2.38. The number of hydrogen-bond donors (Lipinski definition) is 0. The molecule has 0 amide bonds. The minimum absolute atomic E-state index is 0.168. The summed E-state index contributed by atoms with van der Waals surface area (Å²) in [7, 11) is 0. The van der Waals surface area contributed by atoms with Crippen LogP contribution in [0.5, 0.6) is 23.0 Å². The van der Waals surface area contributed by atoms with Crippen molar-refractivity contribution in [3.05, 3.63) is 138 Å². The van der Waals surface area contributed by atoms with Crippen LogP contribution < -0.4 is 18.9 Å². The van der Waals surface area contributed by atoms with Crippen LogP contribution in [-0.2, 0) is 19.1 Å². The fraction of sp³-hybridized carbons (Fsp3) is 0.0526. The van der Waals surface area contributed by atoms with Gasteiger partial charge in [-0.25, -0.2) is 24.0 Å². The molecule has 0 aliphatic heterocycles. The molecule has 0 aromatic heterocycles. The molecule has 0 aliphatic carbocycles. The van der Waals surface area contributed by atoms with Gasteiger partial charge < -0.3 is 28.4 Å². The molecule has 0 heterocycles. The van der Waals surface area contributed by atoms with Crippen molar-refractivity contribution in [2.45, 2.75) is 0 Å². The first kappa shape index (κ1) is 33.9. The van der Waals surface area contributed by atoms with Crippen LogP contribution in [0.4, 0.5) is 5.69 Å². The minimum Gasteiger partial charge on any atom is -0.457 e. The van der Waals surface area contributed by atoms with E-state index in [-0.39, 0.29) is 47.5 Å². The molecule has 5 aromatic carbocycles. The van der Waals surface area contributed by atoms with Crippen LogP contribution in [0.3, 0.4) is 0 Å². The maximum absolute atomic E-state index is 13.1. The molecule has 0 saturated heterocycles. The molecule has 0 spiro atoms. The fourth-order valence-corrected chi connectivity index (χ4v) is 4.57. The van der Waals surface area contributed by atoms with E-state index in [4.69, 9.17) is 35.0 Å². The van der Waals surface area contributed by atoms with E-state index >= 15 is 0 Å². The molecule has 0 unspecified atom stereocenters. The lowest BCUT2D eigenvalue weighted by Gasteiger charge is -2.12. The number of nitriles is 1. The molecule has 5 aromatic rings. The Balaban J connectivity index is 1.28. The molecule has 12 nitrogen and oxygen atoms in total. The van der Waals surface area contributed by atoms with Gasteiger partial charge in [-0.05, 0) is 82.2 Å². The molecule has 50 heavy (non-hydrogen) atoms. The third kappa shape index (κ3) is 7.91. The zero-order chi connectivity index (χ0) is 35.6. The molecule has 246 valence electrons. The molecule has 12 heteroatoms. The number of rotatable bonds is 12. The van der Waals surface area contributed by atoms with Crippen LogP contribution in [0.2, 0.25) is 0 Å². The Kier molecular flexibility index (Phi) is 10.5. The van der Waals surface area contributed by atoms with Crippen molar-refractivity contribution in [1.82, 2.24) is 0 Å². The first-order valence-electron chi connectivity index (χ1n) is 14.5. The van der Waals surface area contributed by atoms with E-state index in [1.165, 1.54) is 24.3 Å². The molecule has 0 bridgehead atoms. The van der Waals surface area contributed by atoms with E-state index in [0.717, 1.165) is 22.9 Å². The second-order valence-corrected chi connectivity index (χ2v) is 10.1. The van der Waals surface area contributed by atoms with Gasteiger partial charge in [-0.2, -0.15) is 5.26 Å². The van der Waals surface area contributed by atoms with Gasteiger partial charge in [-0.15, -0.1) is 0 Å². The maximum atomic E-state index is 13.1. The Morgan fingerprint density at radius 2 is 1.10 bits per heavy atom. The fourth-order valence-electron chi connectivity index (χ4n) is 4.57. The standard InChI is InChI=1S/C38H24N2O10/c1-4-34(41)47-21-45-29-12-10-23-16-27(8-6-25(23)18-29)37(43)49-32-14-15-33(36(40-3)31(32)20-39)50-38(44)28-9-7-26-19-30(13-11-24(26)17-28)46-22-48-35(42)5-2/h4-19H,1-2,21-22H2. The number of hydrogen-bond acceptors (Lipinski definition) is 11. The van der Waals surface area contributed by atoms with Crippen LogP contribution >= 0.6 is 0 Å². The molecule has 0 aliphatic rings. The predicted octanol–water partition coefficient (Wildman–Crippen LogP) is 6.98. The zero-order valence-corrected chi connectivity index (χ0v) is 26.0. The van der Waals surface area contributed by atoms with Crippen molar-refractivity contribution in [2.24, 2.45) is 0 Å². The van der Waals surface area contributed by atoms with E-state index in [1.807, 2.05) is 6.07 Å². The smallest absolute Gasteiger partial charge is 0.343 e. The Bertz CT molecular complexity index is 2120. The van der Waals surface area contributed by atoms with Gasteiger partial charge in [0, 0.05) is 12.2 Å². The maximum Gasteiger partial charge on any atom is 0.343 e. The number of fused-ring (bicyclic) bond motifs is 2. The summed E-state index contributed by atoms with van der Waals surface area (Å²) in [6, 6.07) is 24.0. The summed E-state index contributed by atoms with van der Waals surface area (Å²) in [6.45, 7) is 13.7. The molecule has 0 N–H and O–H groups in total. The summed E-state index contributed by atoms with van der Waals surface area (Å²) < 4.78 is 31.4. The first-order chi connectivity index (χ1) is 24.2. The number of esters is 4. The van der Waals surface area contributed by atoms with Gasteiger partial charge in [-0.3, -0.25) is 0 Å². The van der Waals surface area contributed by atoms with Gasteiger partial charge in [0.05, 0.1) is 23.8 Å². The second kappa shape index (κ2) is 15.4. The third-order valence-electron chi connectivity index (χ3n) is 7.01. The summed E-state index contributed by atoms with van der Waals surface area (Å²) in [5.41, 5.74) is -0.262. The quantitative estimate of drug-likeness (QED) is 0.0445. The summed E-state index contributed by atoms with van der Waals surface area (Å²) in [4.78, 5) is 51.9. The Morgan fingerprint density at radius 1 is 0.660 bits per heavy atom. The highest BCUT2D eigenvalue weighted by atomic mass is 16.7. The number of ether oxygens (including phenoxy) is 6. The molecule has 0 atom stereocenters. The lowest BCUT2D eigenvalue weighted by atomic mass is 10.1. The second-order valence-electron chi connectivity index (χ2n) is 10.1. The average Bonchev–Trinajstić information content (AvgIpc) is 3.14. The first-order valence-corrected chi connectivity index (χ1v) is 14.5. The van der Waals surface area contributed by atoms with Crippen molar-refractivity contribution in [3.8, 4) is 29.1 Å². The number of carbonyl (C=O) groups excluding carboxylic acids is 4. The van der Waals surface area contributed by atoms with E-state index < -0.39 is 23.9 Å². The number of nitrogens with zero attached hydrogens (tertiary/aromatic N) is 2. The van der Waals surface area contributed by atoms with Crippen LogP contribution in [0, 0.1) is 17.9 Å². The van der Waals surface area contributed by atoms with Gasteiger partial charge in [0.15, 0.2) is 0 Å². The SMILES string of the molecule is [C-]#[N+]c1c(OC(=O)c2ccc3cc(OCOC(=O)C=C)ccc3c2)ccc(OC(=O)c2ccc3cc(OCOC(=O)C=C)ccc3c2)c1C#N. The van der Waals surface area contributed by atoms with Gasteiger partial charge in [0.25, 0.3) is 0 Å². The zero-order valence-electron chi connectivity index (χ0n) is 26.0. The van der Waals surface area contributed by atoms with Crippen LogP contribution in [0.25, 0.3) is 26.4 Å². The molecular formula is C38H24N2O10. The number of carbonyl (C=O) groups is 4. The highest BCUT2D eigenvalue weighted by molar-refractivity contribution is 5.99. The molecule has 0 saturated carbocycles. The monoisotopic (exact) mass is 668 g/mol. The van der Waals surface area contributed by atoms with Gasteiger partial charge in [-0.1, -0.05) is 37.4 Å². The number of benzene rings is 5. The molecule has 0 fully saturated rings. The molecular weight excluding hydrogens is 644 g/mol. The van der Waals surface area contributed by atoms with Crippen molar-refractivity contribution in [3.63, 3.8) is 0 Å². The Morgan fingerprint density at radius 3 is 1.56 bits per heavy atom. The van der Waals surface area contributed by atoms with Crippen molar-refractivity contribution >= 4 is 51.1 Å². The summed E-state index contributed by atoms with van der Waals surface area (Å²) in [5, 5.41) is 12.7. The van der Waals surface area contributed by atoms with E-state index in [0.29, 0.717) is 22.3 Å². The lowest BCUT2D eigenvalue weighted by Crippen LogP contribution is -2.11. The molecule has 5 rings (SSSR count). The average molecular weight is 669 g/mol. The molecule has 0 radical (unpaired) electrons. The third-order valence-corrected chi connectivity index (χ3v) is 7.01. The summed E-state index contributed by atoms with van der Waals surface area (Å²) in [5.74, 6) is -2.33. The minimum atomic E-state index is -0.789. The van der Waals surface area contributed by atoms with Crippen molar-refractivity contribution in [2.75, 3.05) is 13.6 Å². The Hall–Kier alpha value is -7.44. The van der Waals surface area contributed by atoms with Gasteiger partial charge in [0.2, 0.25) is 19.3 Å². The van der Waals surface area contributed by atoms with Gasteiger partial charge >= 0.3 is 23.9 Å². The Labute approximate surface area is 284 Å². The summed E-state index contributed by atoms with van der Waals surface area (Å²) >= 11 is 0. The summed E-state index contributed by atoms with van der Waals surface area (Å²) in [6.07, 6.45) is 2.04.